The van der Waals surface area contributed by atoms with Crippen LogP contribution in [0.25, 0.3) is 100 Å². The van der Waals surface area contributed by atoms with Gasteiger partial charge in [0.05, 0.1) is 0 Å². The lowest BCUT2D eigenvalue weighted by molar-refractivity contribution is 0.673. The van der Waals surface area contributed by atoms with E-state index < -0.39 is 0 Å². The molecule has 0 aliphatic carbocycles. The third kappa shape index (κ3) is 5.63. The van der Waals surface area contributed by atoms with E-state index >= 15 is 0 Å². The maximum absolute atomic E-state index is 6.53. The first-order valence-corrected chi connectivity index (χ1v) is 17.8. The van der Waals surface area contributed by atoms with Crippen LogP contribution in [0, 0.1) is 0 Å². The van der Waals surface area contributed by atoms with Gasteiger partial charge in [-0.1, -0.05) is 170 Å². The molecule has 10 aromatic rings. The average Bonchev–Trinajstić information content (AvgIpc) is 3.62. The fraction of sp³-hybridized carbons (Fsp3) is 0. The van der Waals surface area contributed by atoms with Gasteiger partial charge in [0.25, 0.3) is 0 Å². The molecule has 2 aromatic heterocycles. The summed E-state index contributed by atoms with van der Waals surface area (Å²) in [6.07, 6.45) is 0. The highest BCUT2D eigenvalue weighted by Gasteiger charge is 2.17. The minimum Gasteiger partial charge on any atom is -0.455 e. The van der Waals surface area contributed by atoms with Gasteiger partial charge in [0.15, 0.2) is 17.5 Å². The molecule has 0 unspecified atom stereocenters. The van der Waals surface area contributed by atoms with E-state index in [1.54, 1.807) is 0 Å². The normalized spacial score (nSPS) is 11.4. The first-order chi connectivity index (χ1) is 26.2. The summed E-state index contributed by atoms with van der Waals surface area (Å²) in [6, 6.07) is 65.2. The zero-order valence-electron chi connectivity index (χ0n) is 28.6. The Balaban J connectivity index is 1.04. The van der Waals surface area contributed by atoms with Crippen molar-refractivity contribution in [3.63, 3.8) is 0 Å². The van der Waals surface area contributed by atoms with E-state index in [4.69, 9.17) is 19.4 Å². The van der Waals surface area contributed by atoms with Crippen molar-refractivity contribution in [3.8, 4) is 67.5 Å². The second-order valence-corrected chi connectivity index (χ2v) is 13.2. The monoisotopic (exact) mass is 677 g/mol. The molecule has 53 heavy (non-hydrogen) atoms. The molecule has 8 aromatic carbocycles. The molecule has 0 saturated carbocycles. The molecule has 0 fully saturated rings. The Labute approximate surface area is 306 Å². The number of aromatic nitrogens is 3. The molecule has 4 heteroatoms. The molecule has 248 valence electrons. The number of hydrogen-bond acceptors (Lipinski definition) is 4. The van der Waals surface area contributed by atoms with Gasteiger partial charge in [-0.15, -0.1) is 0 Å². The molecular formula is C49H31N3O. The molecule has 4 nitrogen and oxygen atoms in total. The zero-order valence-corrected chi connectivity index (χ0v) is 28.6. The highest BCUT2D eigenvalue weighted by atomic mass is 16.3. The Morgan fingerprint density at radius 3 is 1.28 bits per heavy atom. The summed E-state index contributed by atoms with van der Waals surface area (Å²) in [5.74, 6) is 1.91. The van der Waals surface area contributed by atoms with Gasteiger partial charge >= 0.3 is 0 Å². The fourth-order valence-electron chi connectivity index (χ4n) is 7.24. The van der Waals surface area contributed by atoms with E-state index in [-0.39, 0.29) is 0 Å². The Hall–Kier alpha value is -7.17. The summed E-state index contributed by atoms with van der Waals surface area (Å²) >= 11 is 0. The van der Waals surface area contributed by atoms with Gasteiger partial charge in [0, 0.05) is 32.8 Å². The van der Waals surface area contributed by atoms with E-state index in [1.165, 1.54) is 22.1 Å². The van der Waals surface area contributed by atoms with Gasteiger partial charge in [-0.05, 0) is 57.0 Å². The molecular weight excluding hydrogens is 647 g/mol. The highest BCUT2D eigenvalue weighted by Crippen LogP contribution is 2.41. The lowest BCUT2D eigenvalue weighted by Crippen LogP contribution is -2.00. The molecule has 10 rings (SSSR count). The van der Waals surface area contributed by atoms with Gasteiger partial charge in [0.1, 0.15) is 11.2 Å². The quantitative estimate of drug-likeness (QED) is 0.176. The standard InChI is InChI=1S/C49H31N3O/c1-4-12-32(13-5-1)33-20-24-37(25-21-33)48-50-47(36-16-8-3-9-17-36)51-49(52-48)38-26-22-34(23-27-38)39-28-29-45-43(30-39)44-31-42(35-14-6-2-7-15-35)40-18-10-11-19-41(40)46(44)53-45/h1-31H. The van der Waals surface area contributed by atoms with E-state index in [0.29, 0.717) is 17.5 Å². The summed E-state index contributed by atoms with van der Waals surface area (Å²) in [7, 11) is 0. The van der Waals surface area contributed by atoms with E-state index in [9.17, 15) is 0 Å². The predicted octanol–water partition coefficient (Wildman–Crippen LogP) is 12.9. The Kier molecular flexibility index (Phi) is 7.43. The Bertz CT molecular complexity index is 2900. The molecule has 0 aliphatic heterocycles. The molecule has 0 N–H and O–H groups in total. The topological polar surface area (TPSA) is 51.8 Å². The number of nitrogens with zero attached hydrogens (tertiary/aromatic N) is 3. The van der Waals surface area contributed by atoms with Crippen molar-refractivity contribution in [1.29, 1.82) is 0 Å². The van der Waals surface area contributed by atoms with Crippen LogP contribution >= 0.6 is 0 Å². The fourth-order valence-corrected chi connectivity index (χ4v) is 7.24. The van der Waals surface area contributed by atoms with Crippen LogP contribution < -0.4 is 0 Å². The van der Waals surface area contributed by atoms with Crippen LogP contribution in [0.4, 0.5) is 0 Å². The van der Waals surface area contributed by atoms with Crippen LogP contribution in [-0.2, 0) is 0 Å². The third-order valence-corrected chi connectivity index (χ3v) is 9.96. The third-order valence-electron chi connectivity index (χ3n) is 9.96. The minimum atomic E-state index is 0.629. The predicted molar refractivity (Wildman–Crippen MR) is 217 cm³/mol. The summed E-state index contributed by atoms with van der Waals surface area (Å²) in [5, 5.41) is 4.50. The first-order valence-electron chi connectivity index (χ1n) is 17.8. The van der Waals surface area contributed by atoms with Crippen molar-refractivity contribution >= 4 is 32.7 Å². The molecule has 0 amide bonds. The van der Waals surface area contributed by atoms with Crippen molar-refractivity contribution in [1.82, 2.24) is 15.0 Å². The highest BCUT2D eigenvalue weighted by molar-refractivity contribution is 6.19. The molecule has 0 atom stereocenters. The summed E-state index contributed by atoms with van der Waals surface area (Å²) in [5.41, 5.74) is 11.5. The maximum Gasteiger partial charge on any atom is 0.164 e. The van der Waals surface area contributed by atoms with Gasteiger partial charge in [0.2, 0.25) is 0 Å². The van der Waals surface area contributed by atoms with Crippen LogP contribution in [0.3, 0.4) is 0 Å². The molecule has 0 radical (unpaired) electrons. The van der Waals surface area contributed by atoms with Crippen LogP contribution in [0.2, 0.25) is 0 Å². The van der Waals surface area contributed by atoms with Crippen molar-refractivity contribution in [2.45, 2.75) is 0 Å². The van der Waals surface area contributed by atoms with Crippen molar-refractivity contribution in [2.75, 3.05) is 0 Å². The second-order valence-electron chi connectivity index (χ2n) is 13.2. The molecule has 0 aliphatic rings. The maximum atomic E-state index is 6.53. The number of fused-ring (bicyclic) bond motifs is 5. The van der Waals surface area contributed by atoms with Crippen molar-refractivity contribution < 1.29 is 4.42 Å². The van der Waals surface area contributed by atoms with Crippen LogP contribution in [0.1, 0.15) is 0 Å². The van der Waals surface area contributed by atoms with Crippen molar-refractivity contribution in [2.24, 2.45) is 0 Å². The number of furan rings is 1. The Morgan fingerprint density at radius 2 is 0.698 bits per heavy atom. The molecule has 0 spiro atoms. The summed E-state index contributed by atoms with van der Waals surface area (Å²) < 4.78 is 6.53. The largest absolute Gasteiger partial charge is 0.455 e. The van der Waals surface area contributed by atoms with Crippen LogP contribution in [0.15, 0.2) is 192 Å². The molecule has 2 heterocycles. The van der Waals surface area contributed by atoms with Gasteiger partial charge in [-0.25, -0.2) is 15.0 Å². The van der Waals surface area contributed by atoms with Crippen LogP contribution in [-0.4, -0.2) is 15.0 Å². The zero-order chi connectivity index (χ0) is 35.1. The van der Waals surface area contributed by atoms with E-state index in [2.05, 4.69) is 152 Å². The van der Waals surface area contributed by atoms with Gasteiger partial charge in [-0.2, -0.15) is 0 Å². The number of benzene rings is 8. The number of rotatable bonds is 6. The smallest absolute Gasteiger partial charge is 0.164 e. The van der Waals surface area contributed by atoms with E-state index in [1.807, 2.05) is 36.4 Å². The minimum absolute atomic E-state index is 0.629. The van der Waals surface area contributed by atoms with E-state index in [0.717, 1.165) is 60.7 Å². The van der Waals surface area contributed by atoms with Gasteiger partial charge < -0.3 is 4.42 Å². The lowest BCUT2D eigenvalue weighted by Gasteiger charge is -2.10. The number of hydrogen-bond donors (Lipinski definition) is 0. The second kappa shape index (κ2) is 12.9. The van der Waals surface area contributed by atoms with Crippen molar-refractivity contribution in [3.05, 3.63) is 188 Å². The summed E-state index contributed by atoms with van der Waals surface area (Å²) in [6.45, 7) is 0. The van der Waals surface area contributed by atoms with Crippen LogP contribution in [0.5, 0.6) is 0 Å². The lowest BCUT2D eigenvalue weighted by atomic mass is 9.95. The Morgan fingerprint density at radius 1 is 0.283 bits per heavy atom. The molecule has 0 bridgehead atoms. The first kappa shape index (κ1) is 30.6. The molecule has 0 saturated heterocycles. The SMILES string of the molecule is c1ccc(-c2ccc(-c3nc(-c4ccccc4)nc(-c4ccc(-c5ccc6oc7c8ccccc8c(-c8ccccc8)cc7c6c5)cc4)n3)cc2)cc1. The van der Waals surface area contributed by atoms with Gasteiger partial charge in [-0.3, -0.25) is 0 Å². The summed E-state index contributed by atoms with van der Waals surface area (Å²) in [4.78, 5) is 14.9. The average molecular weight is 678 g/mol.